The van der Waals surface area contributed by atoms with Crippen LogP contribution in [0.5, 0.6) is 11.5 Å². The van der Waals surface area contributed by atoms with E-state index in [0.717, 1.165) is 24.8 Å². The van der Waals surface area contributed by atoms with E-state index < -0.39 is 47.2 Å². The second kappa shape index (κ2) is 11.7. The summed E-state index contributed by atoms with van der Waals surface area (Å²) in [5.74, 6) is -11.2. The number of carbonyl (C=O) groups excluding carboxylic acids is 1. The Bertz CT molecular complexity index is 1070. The Kier molecular flexibility index (Phi) is 8.67. The maximum atomic E-state index is 13.9. The number of rotatable bonds is 3. The number of carbonyl (C=O) groups is 1. The van der Waals surface area contributed by atoms with Crippen LogP contribution in [0.25, 0.3) is 0 Å². The molecule has 0 saturated carbocycles. The van der Waals surface area contributed by atoms with Crippen molar-refractivity contribution in [3.8, 4) is 11.5 Å². The molecule has 2 heterocycles. The predicted molar refractivity (Wildman–Crippen MR) is 114 cm³/mol. The molecule has 9 heteroatoms. The molecule has 0 fully saturated rings. The van der Waals surface area contributed by atoms with Gasteiger partial charge in [-0.3, -0.25) is 0 Å². The van der Waals surface area contributed by atoms with Crippen molar-refractivity contribution in [3.05, 3.63) is 82.7 Å². The first-order valence-corrected chi connectivity index (χ1v) is 10.7. The fourth-order valence-electron chi connectivity index (χ4n) is 3.25. The third kappa shape index (κ3) is 6.15. The highest BCUT2D eigenvalue weighted by Crippen LogP contribution is 2.28. The number of fused-ring (bicyclic) bond motifs is 12. The van der Waals surface area contributed by atoms with Crippen LogP contribution in [0, 0.1) is 29.1 Å². The molecule has 0 aromatic heterocycles. The average molecular weight is 482 g/mol. The van der Waals surface area contributed by atoms with Gasteiger partial charge in [0.1, 0.15) is 23.7 Å². The number of ether oxygens (including phenoxy) is 3. The van der Waals surface area contributed by atoms with Crippen molar-refractivity contribution in [2.45, 2.75) is 38.7 Å². The number of hydrogen-bond donors (Lipinski definition) is 0. The van der Waals surface area contributed by atoms with Crippen LogP contribution in [0.15, 0.2) is 42.5 Å². The van der Waals surface area contributed by atoms with Crippen molar-refractivity contribution >= 4 is 5.97 Å². The Morgan fingerprint density at radius 3 is 2.32 bits per heavy atom. The molecule has 0 amide bonds. The van der Waals surface area contributed by atoms with Crippen LogP contribution in [0.3, 0.4) is 0 Å². The molecule has 0 atom stereocenters. The van der Waals surface area contributed by atoms with E-state index in [9.17, 15) is 26.7 Å². The van der Waals surface area contributed by atoms with Gasteiger partial charge >= 0.3 is 5.97 Å². The third-order valence-electron chi connectivity index (χ3n) is 5.11. The molecule has 0 aliphatic carbocycles. The summed E-state index contributed by atoms with van der Waals surface area (Å²) in [6.07, 6.45) is 7.83. The van der Waals surface area contributed by atoms with Gasteiger partial charge in [-0.05, 0) is 50.3 Å². The Morgan fingerprint density at radius 2 is 1.59 bits per heavy atom. The number of hydrogen-bond acceptors (Lipinski definition) is 4. The van der Waals surface area contributed by atoms with Crippen LogP contribution < -0.4 is 9.47 Å². The topological polar surface area (TPSA) is 44.8 Å². The van der Waals surface area contributed by atoms with Gasteiger partial charge in [0.2, 0.25) is 5.82 Å². The molecule has 0 spiro atoms. The Balaban J connectivity index is 1.80. The normalized spacial score (nSPS) is 16.0. The molecule has 2 aromatic carbocycles. The van der Waals surface area contributed by atoms with Gasteiger partial charge in [0.25, 0.3) is 0 Å². The molecule has 0 saturated heterocycles. The fraction of sp³-hybridized carbons (Fsp3) is 0.320. The number of esters is 1. The lowest BCUT2D eigenvalue weighted by Crippen LogP contribution is -2.13. The van der Waals surface area contributed by atoms with E-state index in [2.05, 4.69) is 12.7 Å². The van der Waals surface area contributed by atoms with Crippen molar-refractivity contribution < 1.29 is 41.0 Å². The first-order valence-electron chi connectivity index (χ1n) is 10.7. The van der Waals surface area contributed by atoms with Gasteiger partial charge in [-0.2, -0.15) is 0 Å². The van der Waals surface area contributed by atoms with Crippen molar-refractivity contribution in [1.29, 1.82) is 0 Å². The average Bonchev–Trinajstić information content (AvgIpc) is 2.83. The predicted octanol–water partition coefficient (Wildman–Crippen LogP) is 6.57. The van der Waals surface area contributed by atoms with Gasteiger partial charge in [0, 0.05) is 0 Å². The Morgan fingerprint density at radius 1 is 0.912 bits per heavy atom. The molecule has 2 bridgehead atoms. The zero-order chi connectivity index (χ0) is 24.7. The fourth-order valence-corrected chi connectivity index (χ4v) is 3.25. The van der Waals surface area contributed by atoms with E-state index in [1.807, 2.05) is 6.08 Å². The summed E-state index contributed by atoms with van der Waals surface area (Å²) in [6.45, 7) is 3.44. The quantitative estimate of drug-likeness (QED) is 0.215. The molecular weight excluding hydrogens is 459 g/mol. The van der Waals surface area contributed by atoms with Crippen LogP contribution >= 0.6 is 0 Å². The zero-order valence-electron chi connectivity index (χ0n) is 18.3. The van der Waals surface area contributed by atoms with Crippen LogP contribution in [0.1, 0.15) is 48.0 Å². The molecule has 34 heavy (non-hydrogen) atoms. The Hall–Kier alpha value is -3.36. The van der Waals surface area contributed by atoms with Gasteiger partial charge in [-0.1, -0.05) is 24.3 Å². The SMILES string of the molecule is C=C1/C=C/CCCCOc2ccc(c(C(=O)OCc3c(F)c(F)c(F)c(F)c3F)c2)OCCC1. The summed E-state index contributed by atoms with van der Waals surface area (Å²) in [5.41, 5.74) is -0.419. The second-order valence-electron chi connectivity index (χ2n) is 7.64. The summed E-state index contributed by atoms with van der Waals surface area (Å²) >= 11 is 0. The van der Waals surface area contributed by atoms with E-state index in [1.54, 1.807) is 6.07 Å². The van der Waals surface area contributed by atoms with Crippen molar-refractivity contribution in [2.75, 3.05) is 13.2 Å². The van der Waals surface area contributed by atoms with Crippen LogP contribution in [0.4, 0.5) is 22.0 Å². The first-order chi connectivity index (χ1) is 16.3. The lowest BCUT2D eigenvalue weighted by Gasteiger charge is -2.15. The number of benzene rings is 2. The molecule has 4 rings (SSSR count). The maximum Gasteiger partial charge on any atom is 0.342 e. The molecule has 2 aliphatic rings. The van der Waals surface area contributed by atoms with E-state index in [1.165, 1.54) is 12.1 Å². The monoisotopic (exact) mass is 482 g/mol. The molecule has 2 aromatic rings. The van der Waals surface area contributed by atoms with Crippen molar-refractivity contribution in [1.82, 2.24) is 0 Å². The van der Waals surface area contributed by atoms with Crippen LogP contribution in [0.2, 0.25) is 0 Å². The maximum absolute atomic E-state index is 13.9. The minimum atomic E-state index is -2.29. The summed E-state index contributed by atoms with van der Waals surface area (Å²) in [6, 6.07) is 4.44. The minimum Gasteiger partial charge on any atom is -0.494 e. The smallest absolute Gasteiger partial charge is 0.342 e. The van der Waals surface area contributed by atoms with Gasteiger partial charge < -0.3 is 14.2 Å². The summed E-state index contributed by atoms with van der Waals surface area (Å²) in [5, 5.41) is 0. The van der Waals surface area contributed by atoms with Gasteiger partial charge in [-0.15, -0.1) is 0 Å². The van der Waals surface area contributed by atoms with E-state index in [0.29, 0.717) is 25.2 Å². The Labute approximate surface area is 193 Å². The molecular formula is C25H23F5O4. The highest BCUT2D eigenvalue weighted by molar-refractivity contribution is 5.93. The molecule has 4 nitrogen and oxygen atoms in total. The zero-order valence-corrected chi connectivity index (χ0v) is 18.3. The summed E-state index contributed by atoms with van der Waals surface area (Å²) in [4.78, 5) is 12.7. The summed E-state index contributed by atoms with van der Waals surface area (Å²) < 4.78 is 84.1. The lowest BCUT2D eigenvalue weighted by molar-refractivity contribution is 0.0457. The van der Waals surface area contributed by atoms with Crippen molar-refractivity contribution in [3.63, 3.8) is 0 Å². The standard InChI is InChI=1S/C25H23F5O4/c1-15-7-4-2-3-5-11-32-16-9-10-19(33-12-6-8-15)17(13-16)25(31)34-14-18-20(26)22(28)24(30)23(29)21(18)27/h4,7,9-10,13H,1-3,5-6,8,11-12,14H2/b7-4+. The first kappa shape index (κ1) is 25.3. The molecule has 2 aliphatic heterocycles. The van der Waals surface area contributed by atoms with Gasteiger partial charge in [0.15, 0.2) is 23.3 Å². The number of halogens is 5. The third-order valence-corrected chi connectivity index (χ3v) is 5.11. The molecule has 0 radical (unpaired) electrons. The highest BCUT2D eigenvalue weighted by Gasteiger charge is 2.27. The van der Waals surface area contributed by atoms with E-state index >= 15 is 0 Å². The van der Waals surface area contributed by atoms with Crippen LogP contribution in [-0.2, 0) is 11.3 Å². The highest BCUT2D eigenvalue weighted by atomic mass is 19.2. The van der Waals surface area contributed by atoms with Crippen LogP contribution in [-0.4, -0.2) is 19.2 Å². The largest absolute Gasteiger partial charge is 0.494 e. The molecule has 0 N–H and O–H groups in total. The second-order valence-corrected chi connectivity index (χ2v) is 7.64. The molecule has 0 unspecified atom stereocenters. The van der Waals surface area contributed by atoms with Gasteiger partial charge in [-0.25, -0.2) is 26.7 Å². The lowest BCUT2D eigenvalue weighted by atomic mass is 10.1. The van der Waals surface area contributed by atoms with E-state index in [-0.39, 0.29) is 17.9 Å². The van der Waals surface area contributed by atoms with E-state index in [4.69, 9.17) is 14.2 Å². The summed E-state index contributed by atoms with van der Waals surface area (Å²) in [7, 11) is 0. The molecule has 182 valence electrons. The number of allylic oxidation sites excluding steroid dienone is 3. The van der Waals surface area contributed by atoms with Gasteiger partial charge in [0.05, 0.1) is 18.8 Å². The van der Waals surface area contributed by atoms with Crippen molar-refractivity contribution in [2.24, 2.45) is 0 Å². The minimum absolute atomic E-state index is 0.104.